The zero-order chi connectivity index (χ0) is 13.7. The number of hydrogen-bond donors (Lipinski definition) is 1. The Morgan fingerprint density at radius 3 is 2.89 bits per heavy atom. The molecular weight excluding hydrogens is 244 g/mol. The van der Waals surface area contributed by atoms with Crippen LogP contribution < -0.4 is 5.32 Å². The zero-order valence-corrected chi connectivity index (χ0v) is 12.1. The number of carbonyl (C=O) groups excluding carboxylic acids is 1. The predicted octanol–water partition coefficient (Wildman–Crippen LogP) is 0.496. The first kappa shape index (κ1) is 14.8. The van der Waals surface area contributed by atoms with Gasteiger partial charge in [-0.1, -0.05) is 6.92 Å². The Bertz CT molecular complexity index is 294. The maximum atomic E-state index is 12.3. The first-order chi connectivity index (χ1) is 9.22. The number of amides is 1. The third-order valence-corrected chi connectivity index (χ3v) is 3.86. The second-order valence-electron chi connectivity index (χ2n) is 5.59. The van der Waals surface area contributed by atoms with Gasteiger partial charge in [-0.3, -0.25) is 4.79 Å². The van der Waals surface area contributed by atoms with Gasteiger partial charge in [0, 0.05) is 26.2 Å². The lowest BCUT2D eigenvalue weighted by Crippen LogP contribution is -2.45. The fraction of sp³-hybridized carbons (Fsp3) is 0.929. The summed E-state index contributed by atoms with van der Waals surface area (Å²) in [5.74, 6) is 0.897. The molecule has 1 aliphatic carbocycles. The van der Waals surface area contributed by atoms with E-state index >= 15 is 0 Å². The molecule has 0 radical (unpaired) electrons. The fourth-order valence-corrected chi connectivity index (χ4v) is 2.39. The van der Waals surface area contributed by atoms with Crippen LogP contribution in [0.2, 0.25) is 0 Å². The van der Waals surface area contributed by atoms with Crippen molar-refractivity contribution in [2.45, 2.75) is 25.8 Å². The summed E-state index contributed by atoms with van der Waals surface area (Å²) in [7, 11) is 1.85. The molecule has 2 unspecified atom stereocenters. The van der Waals surface area contributed by atoms with Gasteiger partial charge in [-0.05, 0) is 25.3 Å². The minimum atomic E-state index is -0.0478. The Morgan fingerprint density at radius 1 is 1.42 bits per heavy atom. The van der Waals surface area contributed by atoms with E-state index in [1.54, 1.807) is 4.90 Å². The van der Waals surface area contributed by atoms with Crippen molar-refractivity contribution in [2.24, 2.45) is 11.8 Å². The van der Waals surface area contributed by atoms with Crippen LogP contribution in [0.25, 0.3) is 0 Å². The van der Waals surface area contributed by atoms with Crippen LogP contribution in [0.3, 0.4) is 0 Å². The zero-order valence-electron chi connectivity index (χ0n) is 12.1. The van der Waals surface area contributed by atoms with Gasteiger partial charge in [0.05, 0.1) is 25.7 Å². The van der Waals surface area contributed by atoms with Crippen molar-refractivity contribution in [2.75, 3.05) is 46.6 Å². The monoisotopic (exact) mass is 270 g/mol. The molecule has 0 spiro atoms. The number of likely N-dealkylation sites (N-methyl/N-ethyl adjacent to an activating group) is 2. The van der Waals surface area contributed by atoms with E-state index < -0.39 is 0 Å². The Kier molecular flexibility index (Phi) is 5.60. The summed E-state index contributed by atoms with van der Waals surface area (Å²) < 4.78 is 11.0. The van der Waals surface area contributed by atoms with Crippen molar-refractivity contribution < 1.29 is 14.3 Å². The molecule has 2 fully saturated rings. The molecule has 1 aliphatic heterocycles. The minimum absolute atomic E-state index is 0.0478. The molecule has 2 atom stereocenters. The van der Waals surface area contributed by atoms with E-state index in [0.717, 1.165) is 19.1 Å². The van der Waals surface area contributed by atoms with Crippen LogP contribution in [0.4, 0.5) is 0 Å². The first-order valence-electron chi connectivity index (χ1n) is 7.36. The van der Waals surface area contributed by atoms with Gasteiger partial charge in [0.2, 0.25) is 5.91 Å². The second kappa shape index (κ2) is 7.22. The molecule has 2 rings (SSSR count). The average molecular weight is 270 g/mol. The Hall–Kier alpha value is -0.650. The number of hydrogen-bond acceptors (Lipinski definition) is 4. The molecule has 1 N–H and O–H groups in total. The maximum absolute atomic E-state index is 12.3. The molecule has 1 saturated carbocycles. The maximum Gasteiger partial charge on any atom is 0.229 e. The highest BCUT2D eigenvalue weighted by molar-refractivity contribution is 5.79. The SMILES string of the molecule is CCNC1COCC1C(=O)N(C)CCOCC1CC1. The van der Waals surface area contributed by atoms with Gasteiger partial charge < -0.3 is 19.7 Å². The molecule has 0 aromatic carbocycles. The third kappa shape index (κ3) is 4.44. The summed E-state index contributed by atoms with van der Waals surface area (Å²) in [5.41, 5.74) is 0. The Balaban J connectivity index is 1.67. The van der Waals surface area contributed by atoms with Crippen molar-refractivity contribution in [3.05, 3.63) is 0 Å². The normalized spacial score (nSPS) is 26.6. The van der Waals surface area contributed by atoms with E-state index in [1.165, 1.54) is 12.8 Å². The largest absolute Gasteiger partial charge is 0.379 e. The lowest BCUT2D eigenvalue weighted by molar-refractivity contribution is -0.135. The highest BCUT2D eigenvalue weighted by atomic mass is 16.5. The van der Waals surface area contributed by atoms with E-state index in [1.807, 2.05) is 7.05 Å². The van der Waals surface area contributed by atoms with E-state index in [0.29, 0.717) is 26.4 Å². The van der Waals surface area contributed by atoms with Gasteiger partial charge in [-0.25, -0.2) is 0 Å². The lowest BCUT2D eigenvalue weighted by Gasteiger charge is -2.24. The number of rotatable bonds is 8. The van der Waals surface area contributed by atoms with Crippen molar-refractivity contribution in [3.63, 3.8) is 0 Å². The minimum Gasteiger partial charge on any atom is -0.379 e. The van der Waals surface area contributed by atoms with Crippen LogP contribution in [0.5, 0.6) is 0 Å². The number of carbonyl (C=O) groups is 1. The average Bonchev–Trinajstić information content (AvgIpc) is 3.12. The third-order valence-electron chi connectivity index (χ3n) is 3.86. The summed E-state index contributed by atoms with van der Waals surface area (Å²) in [5, 5.41) is 3.32. The topological polar surface area (TPSA) is 50.8 Å². The molecule has 110 valence electrons. The van der Waals surface area contributed by atoms with Gasteiger partial charge in [0.15, 0.2) is 0 Å². The molecule has 5 heteroatoms. The molecule has 1 heterocycles. The molecule has 1 amide bonds. The van der Waals surface area contributed by atoms with E-state index in [2.05, 4.69) is 12.2 Å². The van der Waals surface area contributed by atoms with Crippen LogP contribution in [0.1, 0.15) is 19.8 Å². The lowest BCUT2D eigenvalue weighted by atomic mass is 10.0. The Labute approximate surface area is 115 Å². The molecule has 5 nitrogen and oxygen atoms in total. The predicted molar refractivity (Wildman–Crippen MR) is 73.0 cm³/mol. The van der Waals surface area contributed by atoms with Crippen LogP contribution in [0.15, 0.2) is 0 Å². The van der Waals surface area contributed by atoms with Crippen molar-refractivity contribution in [1.82, 2.24) is 10.2 Å². The van der Waals surface area contributed by atoms with Gasteiger partial charge in [-0.2, -0.15) is 0 Å². The summed E-state index contributed by atoms with van der Waals surface area (Å²) >= 11 is 0. The molecule has 2 aliphatic rings. The second-order valence-corrected chi connectivity index (χ2v) is 5.59. The summed E-state index contributed by atoms with van der Waals surface area (Å²) in [4.78, 5) is 14.1. The van der Waals surface area contributed by atoms with Crippen LogP contribution in [-0.4, -0.2) is 63.4 Å². The number of nitrogens with one attached hydrogen (secondary N) is 1. The van der Waals surface area contributed by atoms with Crippen LogP contribution in [-0.2, 0) is 14.3 Å². The standard InChI is InChI=1S/C14H26N2O3/c1-3-15-13-10-19-9-12(13)14(17)16(2)6-7-18-8-11-4-5-11/h11-13,15H,3-10H2,1-2H3. The summed E-state index contributed by atoms with van der Waals surface area (Å²) in [6.07, 6.45) is 2.61. The number of ether oxygens (including phenoxy) is 2. The summed E-state index contributed by atoms with van der Waals surface area (Å²) in [6, 6.07) is 0.160. The fourth-order valence-electron chi connectivity index (χ4n) is 2.39. The molecule has 19 heavy (non-hydrogen) atoms. The molecule has 0 bridgehead atoms. The van der Waals surface area contributed by atoms with Gasteiger partial charge >= 0.3 is 0 Å². The van der Waals surface area contributed by atoms with Gasteiger partial charge in [0.25, 0.3) is 0 Å². The van der Waals surface area contributed by atoms with Crippen LogP contribution in [0, 0.1) is 11.8 Å². The molecule has 1 saturated heterocycles. The van der Waals surface area contributed by atoms with Gasteiger partial charge in [-0.15, -0.1) is 0 Å². The van der Waals surface area contributed by atoms with Crippen molar-refractivity contribution in [1.29, 1.82) is 0 Å². The van der Waals surface area contributed by atoms with Gasteiger partial charge in [0.1, 0.15) is 0 Å². The molecule has 0 aromatic rings. The highest BCUT2D eigenvalue weighted by Crippen LogP contribution is 2.28. The van der Waals surface area contributed by atoms with Crippen molar-refractivity contribution >= 4 is 5.91 Å². The number of nitrogens with zero attached hydrogens (tertiary/aromatic N) is 1. The Morgan fingerprint density at radius 2 is 2.21 bits per heavy atom. The van der Waals surface area contributed by atoms with E-state index in [4.69, 9.17) is 9.47 Å². The quantitative estimate of drug-likeness (QED) is 0.652. The molecular formula is C14H26N2O3. The summed E-state index contributed by atoms with van der Waals surface area (Å²) in [6.45, 7) is 6.25. The highest BCUT2D eigenvalue weighted by Gasteiger charge is 2.35. The van der Waals surface area contributed by atoms with Crippen LogP contribution >= 0.6 is 0 Å². The van der Waals surface area contributed by atoms with Crippen molar-refractivity contribution in [3.8, 4) is 0 Å². The van der Waals surface area contributed by atoms with E-state index in [-0.39, 0.29) is 17.9 Å². The first-order valence-corrected chi connectivity index (χ1v) is 7.36. The smallest absolute Gasteiger partial charge is 0.229 e. The molecule has 0 aromatic heterocycles. The van der Waals surface area contributed by atoms with E-state index in [9.17, 15) is 4.79 Å².